The molecule has 3 aromatic rings. The lowest BCUT2D eigenvalue weighted by Crippen LogP contribution is -1.89. The Hall–Kier alpha value is -2.80. The number of pyridine rings is 2. The highest BCUT2D eigenvalue weighted by Gasteiger charge is 2.10. The minimum Gasteiger partial charge on any atom is -0.384 e. The number of nitrogens with two attached hydrogens (primary N) is 1. The average molecular weight is 234 g/mol. The SMILES string of the molecule is N#Cc1cc(-c2ccnc(N)c2)c2ccccn12. The van der Waals surface area contributed by atoms with Crippen LogP contribution in [0.4, 0.5) is 5.82 Å². The maximum absolute atomic E-state index is 9.14. The molecule has 0 saturated heterocycles. The highest BCUT2D eigenvalue weighted by molar-refractivity contribution is 5.83. The molecular weight excluding hydrogens is 224 g/mol. The summed E-state index contributed by atoms with van der Waals surface area (Å²) in [5.74, 6) is 0.473. The van der Waals surface area contributed by atoms with Crippen molar-refractivity contribution in [2.75, 3.05) is 5.73 Å². The van der Waals surface area contributed by atoms with Gasteiger partial charge in [0.1, 0.15) is 17.6 Å². The minimum absolute atomic E-state index is 0.473. The molecule has 4 nitrogen and oxygen atoms in total. The van der Waals surface area contributed by atoms with Crippen LogP contribution < -0.4 is 5.73 Å². The van der Waals surface area contributed by atoms with E-state index in [-0.39, 0.29) is 0 Å². The Balaban J connectivity index is 2.34. The van der Waals surface area contributed by atoms with Gasteiger partial charge in [0.05, 0.1) is 5.52 Å². The smallest absolute Gasteiger partial charge is 0.125 e. The number of hydrogen-bond donors (Lipinski definition) is 1. The summed E-state index contributed by atoms with van der Waals surface area (Å²) in [6, 6.07) is 13.6. The zero-order valence-electron chi connectivity index (χ0n) is 9.54. The third kappa shape index (κ3) is 1.50. The van der Waals surface area contributed by atoms with Gasteiger partial charge in [0.25, 0.3) is 0 Å². The molecule has 18 heavy (non-hydrogen) atoms. The number of nitrogens with zero attached hydrogens (tertiary/aromatic N) is 3. The van der Waals surface area contributed by atoms with E-state index in [1.54, 1.807) is 6.20 Å². The number of rotatable bonds is 1. The number of nitriles is 1. The number of nitrogen functional groups attached to an aromatic ring is 1. The van der Waals surface area contributed by atoms with Gasteiger partial charge in [0.2, 0.25) is 0 Å². The topological polar surface area (TPSA) is 67.1 Å². The lowest BCUT2D eigenvalue weighted by Gasteiger charge is -2.01. The molecular formula is C14H10N4. The maximum atomic E-state index is 9.14. The summed E-state index contributed by atoms with van der Waals surface area (Å²) >= 11 is 0. The summed E-state index contributed by atoms with van der Waals surface area (Å²) in [5.41, 5.74) is 9.24. The second-order valence-electron chi connectivity index (χ2n) is 3.98. The van der Waals surface area contributed by atoms with Gasteiger partial charge >= 0.3 is 0 Å². The van der Waals surface area contributed by atoms with Crippen LogP contribution in [0.1, 0.15) is 5.69 Å². The van der Waals surface area contributed by atoms with E-state index >= 15 is 0 Å². The third-order valence-corrected chi connectivity index (χ3v) is 2.88. The Labute approximate surface area is 104 Å². The summed E-state index contributed by atoms with van der Waals surface area (Å²) in [5, 5.41) is 9.14. The van der Waals surface area contributed by atoms with Crippen molar-refractivity contribution in [1.29, 1.82) is 5.26 Å². The molecule has 3 rings (SSSR count). The van der Waals surface area contributed by atoms with Crippen LogP contribution in [0.15, 0.2) is 48.8 Å². The van der Waals surface area contributed by atoms with Gasteiger partial charge in [-0.1, -0.05) is 6.07 Å². The molecule has 0 aliphatic carbocycles. The molecule has 0 radical (unpaired) electrons. The first-order valence-electron chi connectivity index (χ1n) is 5.51. The molecule has 0 bridgehead atoms. The van der Waals surface area contributed by atoms with Crippen molar-refractivity contribution in [1.82, 2.24) is 9.38 Å². The quantitative estimate of drug-likeness (QED) is 0.703. The van der Waals surface area contributed by atoms with Crippen LogP contribution in [0.2, 0.25) is 0 Å². The molecule has 0 spiro atoms. The molecule has 0 unspecified atom stereocenters. The maximum Gasteiger partial charge on any atom is 0.125 e. The average Bonchev–Trinajstić information content (AvgIpc) is 2.77. The number of anilines is 1. The minimum atomic E-state index is 0.473. The number of aromatic nitrogens is 2. The van der Waals surface area contributed by atoms with E-state index in [9.17, 15) is 0 Å². The van der Waals surface area contributed by atoms with Crippen LogP contribution >= 0.6 is 0 Å². The molecule has 3 heterocycles. The van der Waals surface area contributed by atoms with E-state index in [4.69, 9.17) is 11.0 Å². The van der Waals surface area contributed by atoms with Gasteiger partial charge in [-0.25, -0.2) is 4.98 Å². The first-order valence-corrected chi connectivity index (χ1v) is 5.51. The lowest BCUT2D eigenvalue weighted by atomic mass is 10.1. The van der Waals surface area contributed by atoms with Crippen LogP contribution in [-0.4, -0.2) is 9.38 Å². The van der Waals surface area contributed by atoms with Crippen LogP contribution in [0.3, 0.4) is 0 Å². The van der Waals surface area contributed by atoms with Crippen LogP contribution in [0.5, 0.6) is 0 Å². The molecule has 0 aliphatic rings. The van der Waals surface area contributed by atoms with Crippen LogP contribution in [0.25, 0.3) is 16.6 Å². The van der Waals surface area contributed by atoms with Gasteiger partial charge in [0, 0.05) is 18.0 Å². The zero-order valence-corrected chi connectivity index (χ0v) is 9.54. The van der Waals surface area contributed by atoms with E-state index < -0.39 is 0 Å². The molecule has 0 amide bonds. The fourth-order valence-electron chi connectivity index (χ4n) is 2.09. The van der Waals surface area contributed by atoms with E-state index in [2.05, 4.69) is 11.1 Å². The van der Waals surface area contributed by atoms with Gasteiger partial charge in [-0.05, 0) is 35.9 Å². The highest BCUT2D eigenvalue weighted by Crippen LogP contribution is 2.28. The van der Waals surface area contributed by atoms with E-state index in [0.717, 1.165) is 16.6 Å². The Kier molecular flexibility index (Phi) is 2.24. The van der Waals surface area contributed by atoms with Crippen molar-refractivity contribution in [2.45, 2.75) is 0 Å². The van der Waals surface area contributed by atoms with E-state index in [1.807, 2.05) is 47.0 Å². The van der Waals surface area contributed by atoms with Crippen molar-refractivity contribution < 1.29 is 0 Å². The molecule has 0 aromatic carbocycles. The van der Waals surface area contributed by atoms with Gasteiger partial charge in [0.15, 0.2) is 0 Å². The van der Waals surface area contributed by atoms with Gasteiger partial charge in [-0.2, -0.15) is 5.26 Å². The predicted molar refractivity (Wildman–Crippen MR) is 69.8 cm³/mol. The Morgan fingerprint density at radius 1 is 1.22 bits per heavy atom. The molecule has 4 heteroatoms. The normalized spacial score (nSPS) is 10.4. The van der Waals surface area contributed by atoms with Crippen LogP contribution in [-0.2, 0) is 0 Å². The molecule has 3 aromatic heterocycles. The van der Waals surface area contributed by atoms with Gasteiger partial charge in [-0.3, -0.25) is 0 Å². The molecule has 0 saturated carbocycles. The summed E-state index contributed by atoms with van der Waals surface area (Å²) in [7, 11) is 0. The Morgan fingerprint density at radius 3 is 2.89 bits per heavy atom. The monoisotopic (exact) mass is 234 g/mol. The molecule has 86 valence electrons. The van der Waals surface area contributed by atoms with Crippen molar-refractivity contribution in [3.63, 3.8) is 0 Å². The Morgan fingerprint density at radius 2 is 2.11 bits per heavy atom. The summed E-state index contributed by atoms with van der Waals surface area (Å²) < 4.78 is 1.87. The second-order valence-corrected chi connectivity index (χ2v) is 3.98. The Bertz CT molecular complexity index is 765. The lowest BCUT2D eigenvalue weighted by molar-refractivity contribution is 1.16. The van der Waals surface area contributed by atoms with Crippen LogP contribution in [0, 0.1) is 11.3 Å². The van der Waals surface area contributed by atoms with E-state index in [0.29, 0.717) is 11.5 Å². The van der Waals surface area contributed by atoms with Gasteiger partial charge < -0.3 is 10.1 Å². The van der Waals surface area contributed by atoms with Crippen molar-refractivity contribution in [3.8, 4) is 17.2 Å². The fourth-order valence-corrected chi connectivity index (χ4v) is 2.09. The highest BCUT2D eigenvalue weighted by atomic mass is 14.9. The van der Waals surface area contributed by atoms with Crippen molar-refractivity contribution >= 4 is 11.3 Å². The molecule has 0 fully saturated rings. The van der Waals surface area contributed by atoms with Crippen molar-refractivity contribution in [2.24, 2.45) is 0 Å². The largest absolute Gasteiger partial charge is 0.384 e. The standard InChI is InChI=1S/C14H10N4/c15-9-11-8-12(10-4-5-17-14(16)7-10)13-3-1-2-6-18(11)13/h1-8H,(H2,16,17). The van der Waals surface area contributed by atoms with Gasteiger partial charge in [-0.15, -0.1) is 0 Å². The number of hydrogen-bond acceptors (Lipinski definition) is 3. The molecule has 0 aliphatic heterocycles. The summed E-state index contributed by atoms with van der Waals surface area (Å²) in [6.45, 7) is 0. The fraction of sp³-hybridized carbons (Fsp3) is 0. The van der Waals surface area contributed by atoms with E-state index in [1.165, 1.54) is 0 Å². The second kappa shape index (κ2) is 3.90. The van der Waals surface area contributed by atoms with Crippen molar-refractivity contribution in [3.05, 3.63) is 54.5 Å². The first-order chi connectivity index (χ1) is 8.79. The third-order valence-electron chi connectivity index (χ3n) is 2.88. The summed E-state index contributed by atoms with van der Waals surface area (Å²) in [4.78, 5) is 3.98. The first kappa shape index (κ1) is 10.4. The zero-order chi connectivity index (χ0) is 12.5. The predicted octanol–water partition coefficient (Wildman–Crippen LogP) is 2.46. The molecule has 2 N–H and O–H groups in total. The molecule has 0 atom stereocenters. The number of fused-ring (bicyclic) bond motifs is 1. The summed E-state index contributed by atoms with van der Waals surface area (Å²) in [6.07, 6.45) is 3.55.